The van der Waals surface area contributed by atoms with Crippen molar-refractivity contribution in [2.24, 2.45) is 5.73 Å². The zero-order valence-corrected chi connectivity index (χ0v) is 23.6. The first kappa shape index (κ1) is 30.6. The number of piperazine rings is 1. The number of ether oxygens (including phenoxy) is 2. The van der Waals surface area contributed by atoms with Crippen LogP contribution < -0.4 is 10.6 Å². The van der Waals surface area contributed by atoms with Gasteiger partial charge in [0.2, 0.25) is 0 Å². The summed E-state index contributed by atoms with van der Waals surface area (Å²) in [6.45, 7) is 5.75. The number of hydrogen-bond donors (Lipinski definition) is 1. The van der Waals surface area contributed by atoms with Crippen LogP contribution in [-0.4, -0.2) is 68.7 Å². The van der Waals surface area contributed by atoms with Crippen LogP contribution in [0.3, 0.4) is 0 Å². The van der Waals surface area contributed by atoms with Crippen LogP contribution in [0.15, 0.2) is 71.2 Å². The molecule has 2 heterocycles. The van der Waals surface area contributed by atoms with Crippen LogP contribution in [0.1, 0.15) is 29.5 Å². The Hall–Kier alpha value is -4.34. The number of benzene rings is 2. The number of allylic oxidation sites excluding steroid dienone is 1. The van der Waals surface area contributed by atoms with Gasteiger partial charge in [0.15, 0.2) is 0 Å². The number of carbonyl (C=O) groups excluding carboxylic acids is 2. The second-order valence-electron chi connectivity index (χ2n) is 9.88. The fourth-order valence-electron chi connectivity index (χ4n) is 5.39. The molecule has 222 valence electrons. The first-order valence-corrected chi connectivity index (χ1v) is 13.4. The molecule has 2 aliphatic heterocycles. The highest BCUT2D eigenvalue weighted by Crippen LogP contribution is 2.44. The number of anilines is 1. The van der Waals surface area contributed by atoms with Gasteiger partial charge in [-0.1, -0.05) is 43.3 Å². The van der Waals surface area contributed by atoms with Crippen molar-refractivity contribution in [3.8, 4) is 6.07 Å². The molecule has 1 saturated heterocycles. The van der Waals surface area contributed by atoms with Crippen molar-refractivity contribution in [3.63, 3.8) is 0 Å². The van der Waals surface area contributed by atoms with Gasteiger partial charge in [-0.25, -0.2) is 9.59 Å². The van der Waals surface area contributed by atoms with Gasteiger partial charge in [-0.3, -0.25) is 9.80 Å². The Morgan fingerprint density at radius 2 is 1.62 bits per heavy atom. The highest BCUT2D eigenvalue weighted by atomic mass is 19.4. The third-order valence-corrected chi connectivity index (χ3v) is 7.57. The number of rotatable bonds is 7. The van der Waals surface area contributed by atoms with E-state index in [2.05, 4.69) is 4.90 Å². The molecular formula is C30H32F3N5O4. The Morgan fingerprint density at radius 3 is 2.17 bits per heavy atom. The molecule has 0 spiro atoms. The number of nitriles is 1. The summed E-state index contributed by atoms with van der Waals surface area (Å²) in [6, 6.07) is 13.9. The topological polar surface area (TPSA) is 112 Å². The molecule has 9 nitrogen and oxygen atoms in total. The standard InChI is InChI=1S/C30H32F3N5O4/c1-4-36-12-14-37(15-13-36)18-20-10-11-21(16-23(20)30(31,32)33)38-26(29(40)42-3)25(28(39)41-2)24(22(17-34)27(38)35)19-8-6-5-7-9-19/h5-11,16,24H,4,12-15,18,35H2,1-3H3. The summed E-state index contributed by atoms with van der Waals surface area (Å²) in [7, 11) is 2.17. The maximum absolute atomic E-state index is 14.5. The Labute approximate surface area is 242 Å². The maximum atomic E-state index is 14.5. The van der Waals surface area contributed by atoms with Gasteiger partial charge >= 0.3 is 18.1 Å². The number of esters is 2. The second kappa shape index (κ2) is 12.7. The smallest absolute Gasteiger partial charge is 0.416 e. The monoisotopic (exact) mass is 583 g/mol. The Bertz CT molecular complexity index is 1440. The largest absolute Gasteiger partial charge is 0.466 e. The lowest BCUT2D eigenvalue weighted by molar-refractivity contribution is -0.139. The van der Waals surface area contributed by atoms with Gasteiger partial charge in [0.1, 0.15) is 11.5 Å². The molecule has 1 atom stereocenters. The lowest BCUT2D eigenvalue weighted by Crippen LogP contribution is -2.45. The normalized spacial score (nSPS) is 18.6. The van der Waals surface area contributed by atoms with Crippen molar-refractivity contribution < 1.29 is 32.2 Å². The van der Waals surface area contributed by atoms with Crippen LogP contribution in [0, 0.1) is 11.3 Å². The summed E-state index contributed by atoms with van der Waals surface area (Å²) in [4.78, 5) is 31.6. The molecule has 2 N–H and O–H groups in total. The third-order valence-electron chi connectivity index (χ3n) is 7.57. The average Bonchev–Trinajstić information content (AvgIpc) is 3.00. The summed E-state index contributed by atoms with van der Waals surface area (Å²) in [5.74, 6) is -3.44. The van der Waals surface area contributed by atoms with Crippen molar-refractivity contribution in [3.05, 3.63) is 87.9 Å². The van der Waals surface area contributed by atoms with Crippen molar-refractivity contribution in [1.82, 2.24) is 9.80 Å². The molecular weight excluding hydrogens is 551 g/mol. The molecule has 42 heavy (non-hydrogen) atoms. The van der Waals surface area contributed by atoms with Crippen molar-refractivity contribution in [2.75, 3.05) is 51.8 Å². The summed E-state index contributed by atoms with van der Waals surface area (Å²) in [5, 5.41) is 10.2. The Balaban J connectivity index is 1.90. The fraction of sp³-hybridized carbons (Fsp3) is 0.367. The number of methoxy groups -OCH3 is 2. The highest BCUT2D eigenvalue weighted by Gasteiger charge is 2.44. The molecule has 2 aliphatic rings. The zero-order chi connectivity index (χ0) is 30.6. The van der Waals surface area contributed by atoms with Gasteiger partial charge < -0.3 is 20.1 Å². The SMILES string of the molecule is CCN1CCN(Cc2ccc(N3C(N)=C(C#N)C(c4ccccc4)C(C(=O)OC)=C3C(=O)OC)cc2C(F)(F)F)CC1. The molecule has 0 radical (unpaired) electrons. The number of hydrogen-bond acceptors (Lipinski definition) is 9. The number of nitrogens with two attached hydrogens (primary N) is 1. The van der Waals surface area contributed by atoms with E-state index in [-0.39, 0.29) is 34.8 Å². The van der Waals surface area contributed by atoms with Gasteiger partial charge in [0.25, 0.3) is 0 Å². The molecule has 0 saturated carbocycles. The summed E-state index contributed by atoms with van der Waals surface area (Å²) < 4.78 is 53.3. The van der Waals surface area contributed by atoms with Crippen molar-refractivity contribution in [1.29, 1.82) is 5.26 Å². The van der Waals surface area contributed by atoms with Crippen molar-refractivity contribution in [2.45, 2.75) is 25.6 Å². The van der Waals surface area contributed by atoms with Crippen LogP contribution >= 0.6 is 0 Å². The number of carbonyl (C=O) groups is 2. The second-order valence-corrected chi connectivity index (χ2v) is 9.88. The quantitative estimate of drug-likeness (QED) is 0.487. The van der Waals surface area contributed by atoms with Gasteiger partial charge in [-0.15, -0.1) is 0 Å². The number of halogens is 3. The molecule has 0 aromatic heterocycles. The van der Waals surface area contributed by atoms with Gasteiger partial charge in [-0.2, -0.15) is 18.4 Å². The summed E-state index contributed by atoms with van der Waals surface area (Å²) in [6.07, 6.45) is -4.74. The van der Waals surface area contributed by atoms with Gasteiger partial charge in [0, 0.05) is 38.4 Å². The zero-order valence-electron chi connectivity index (χ0n) is 23.6. The first-order valence-electron chi connectivity index (χ1n) is 13.4. The molecule has 0 amide bonds. The number of nitrogens with zero attached hydrogens (tertiary/aromatic N) is 4. The lowest BCUT2D eigenvalue weighted by Gasteiger charge is -2.36. The minimum atomic E-state index is -4.74. The predicted octanol–water partition coefficient (Wildman–Crippen LogP) is 3.74. The first-order chi connectivity index (χ1) is 20.0. The highest BCUT2D eigenvalue weighted by molar-refractivity contribution is 6.06. The van der Waals surface area contributed by atoms with E-state index in [1.807, 2.05) is 17.9 Å². The predicted molar refractivity (Wildman–Crippen MR) is 148 cm³/mol. The van der Waals surface area contributed by atoms with E-state index < -0.39 is 35.3 Å². The van der Waals surface area contributed by atoms with E-state index in [1.165, 1.54) is 12.1 Å². The fourth-order valence-corrected chi connectivity index (χ4v) is 5.39. The Morgan fingerprint density at radius 1 is 1.00 bits per heavy atom. The van der Waals surface area contributed by atoms with Crippen LogP contribution in [0.5, 0.6) is 0 Å². The summed E-state index contributed by atoms with van der Waals surface area (Å²) >= 11 is 0. The molecule has 4 rings (SSSR count). The lowest BCUT2D eigenvalue weighted by atomic mass is 9.81. The minimum absolute atomic E-state index is 0.0511. The van der Waals surface area contributed by atoms with E-state index in [0.717, 1.165) is 44.8 Å². The molecule has 12 heteroatoms. The van der Waals surface area contributed by atoms with E-state index >= 15 is 0 Å². The number of likely N-dealkylation sites (N-methyl/N-ethyl adjacent to an activating group) is 1. The average molecular weight is 584 g/mol. The Kier molecular flexibility index (Phi) is 9.23. The van der Waals surface area contributed by atoms with E-state index in [1.54, 1.807) is 30.3 Å². The van der Waals surface area contributed by atoms with Crippen LogP contribution in [-0.2, 0) is 31.8 Å². The van der Waals surface area contributed by atoms with E-state index in [0.29, 0.717) is 18.7 Å². The molecule has 2 aromatic carbocycles. The van der Waals surface area contributed by atoms with E-state index in [4.69, 9.17) is 15.2 Å². The van der Waals surface area contributed by atoms with E-state index in [9.17, 15) is 28.0 Å². The third kappa shape index (κ3) is 5.98. The molecule has 1 unspecified atom stereocenters. The molecule has 2 aromatic rings. The molecule has 0 bridgehead atoms. The maximum Gasteiger partial charge on any atom is 0.416 e. The molecule has 1 fully saturated rings. The summed E-state index contributed by atoms with van der Waals surface area (Å²) in [5.41, 5.74) is 5.00. The van der Waals surface area contributed by atoms with Gasteiger partial charge in [-0.05, 0) is 29.8 Å². The van der Waals surface area contributed by atoms with Crippen molar-refractivity contribution >= 4 is 17.6 Å². The van der Waals surface area contributed by atoms with Crippen LogP contribution in [0.2, 0.25) is 0 Å². The van der Waals surface area contributed by atoms with Crippen LogP contribution in [0.25, 0.3) is 0 Å². The van der Waals surface area contributed by atoms with Crippen LogP contribution in [0.4, 0.5) is 18.9 Å². The van der Waals surface area contributed by atoms with Gasteiger partial charge in [0.05, 0.1) is 42.9 Å². The molecule has 0 aliphatic carbocycles. The minimum Gasteiger partial charge on any atom is -0.466 e. The number of alkyl halides is 3.